The molecule has 2 aliphatic rings. The summed E-state index contributed by atoms with van der Waals surface area (Å²) in [4.78, 5) is 29.0. The molecule has 24 heteroatoms. The summed E-state index contributed by atoms with van der Waals surface area (Å²) >= 11 is 25.7. The number of sulfonamides is 2. The van der Waals surface area contributed by atoms with Crippen LogP contribution in [-0.4, -0.2) is 171 Å². The van der Waals surface area contributed by atoms with Crippen LogP contribution >= 0.6 is 46.4 Å². The van der Waals surface area contributed by atoms with Crippen molar-refractivity contribution in [3.05, 3.63) is 126 Å². The van der Waals surface area contributed by atoms with Gasteiger partial charge in [0, 0.05) is 97.1 Å². The molecular weight excluding hydrogens is 1140 g/mol. The molecule has 2 heterocycles. The Morgan fingerprint density at radius 3 is 1.23 bits per heavy atom. The molecule has 0 aromatic heterocycles. The van der Waals surface area contributed by atoms with Crippen molar-refractivity contribution >= 4 is 78.3 Å². The van der Waals surface area contributed by atoms with Gasteiger partial charge in [-0.1, -0.05) is 77.1 Å². The van der Waals surface area contributed by atoms with Crippen molar-refractivity contribution in [3.63, 3.8) is 0 Å². The van der Waals surface area contributed by atoms with Crippen molar-refractivity contribution in [1.29, 1.82) is 0 Å². The fourth-order valence-electron chi connectivity index (χ4n) is 9.25. The van der Waals surface area contributed by atoms with Crippen molar-refractivity contribution in [1.82, 2.24) is 29.9 Å². The van der Waals surface area contributed by atoms with Crippen LogP contribution in [0, 0.1) is 0 Å². The van der Waals surface area contributed by atoms with E-state index >= 15 is 0 Å². The average Bonchev–Trinajstić information content (AvgIpc) is 3.46. The molecule has 2 aliphatic heterocycles. The van der Waals surface area contributed by atoms with E-state index < -0.39 is 20.0 Å². The van der Waals surface area contributed by atoms with Gasteiger partial charge in [-0.25, -0.2) is 26.3 Å². The largest absolute Gasteiger partial charge is 0.378 e. The second-order valence-electron chi connectivity index (χ2n) is 19.3. The average molecular weight is 1220 g/mol. The normalized spacial score (nSPS) is 15.9. The van der Waals surface area contributed by atoms with Gasteiger partial charge in [0.2, 0.25) is 31.9 Å². The molecule has 0 saturated heterocycles. The fraction of sp³-hybridized carbons (Fsp3) is 0.527. The Morgan fingerprint density at radius 2 is 0.848 bits per heavy atom. The Hall–Kier alpha value is -3.52. The number of carbonyl (C=O) groups is 2. The van der Waals surface area contributed by atoms with Crippen molar-refractivity contribution in [2.24, 2.45) is 0 Å². The molecule has 0 fully saturated rings. The van der Waals surface area contributed by atoms with Crippen molar-refractivity contribution < 1.29 is 54.8 Å². The highest BCUT2D eigenvalue weighted by atomic mass is 35.5. The Kier molecular flexibility index (Phi) is 27.5. The van der Waals surface area contributed by atoms with Crippen LogP contribution in [-0.2, 0) is 71.1 Å². The maximum atomic E-state index is 13.1. The zero-order valence-electron chi connectivity index (χ0n) is 44.9. The number of unbranched alkanes of at least 4 members (excludes halogenated alkanes) is 2. The van der Waals surface area contributed by atoms with Crippen LogP contribution in [0.15, 0.2) is 82.6 Å². The zero-order valence-corrected chi connectivity index (χ0v) is 49.5. The summed E-state index contributed by atoms with van der Waals surface area (Å²) in [5, 5.41) is 7.95. The van der Waals surface area contributed by atoms with Crippen LogP contribution in [0.5, 0.6) is 0 Å². The van der Waals surface area contributed by atoms with Gasteiger partial charge in [-0.15, -0.1) is 0 Å². The SMILES string of the molecule is CN1Cc2c(Cl)cc(Cl)cc2[C@H](c2cccc(S(=O)(=O)NCCOCCOCCOCCNC(=O)CCCCCC(=O)NCCOCCOCCOCCNS(=O)(=O)c3cccc([C@@H]4CN(C)Cc5c(Cl)cc(Cl)cc54)c3)c2)C1. The van der Waals surface area contributed by atoms with Gasteiger partial charge in [0.15, 0.2) is 0 Å². The third-order valence-corrected chi connectivity index (χ3v) is 17.2. The van der Waals surface area contributed by atoms with Gasteiger partial charge in [0.05, 0.1) is 89.1 Å². The summed E-state index contributed by atoms with van der Waals surface area (Å²) < 4.78 is 91.0. The number of nitrogens with one attached hydrogen (secondary N) is 4. The minimum absolute atomic E-state index is 0.0749. The molecule has 0 unspecified atom stereocenters. The third-order valence-electron chi connectivity index (χ3n) is 13.1. The van der Waals surface area contributed by atoms with E-state index in [1.54, 1.807) is 48.5 Å². The Morgan fingerprint density at radius 1 is 0.494 bits per heavy atom. The monoisotopic (exact) mass is 1210 g/mol. The topological polar surface area (TPSA) is 212 Å². The van der Waals surface area contributed by atoms with Gasteiger partial charge in [0.25, 0.3) is 0 Å². The summed E-state index contributed by atoms with van der Waals surface area (Å²) in [7, 11) is -3.55. The number of amides is 2. The molecule has 436 valence electrons. The number of carbonyl (C=O) groups excluding carboxylic acids is 2. The molecule has 2 amide bonds. The first kappa shape index (κ1) is 64.6. The summed E-state index contributed by atoms with van der Waals surface area (Å²) in [6.45, 7) is 7.31. The molecule has 4 N–H and O–H groups in total. The second-order valence-corrected chi connectivity index (χ2v) is 24.5. The molecule has 0 radical (unpaired) electrons. The molecule has 0 bridgehead atoms. The van der Waals surface area contributed by atoms with E-state index in [9.17, 15) is 26.4 Å². The van der Waals surface area contributed by atoms with Gasteiger partial charge < -0.3 is 48.9 Å². The number of rotatable bonds is 36. The highest BCUT2D eigenvalue weighted by molar-refractivity contribution is 7.89. The predicted molar refractivity (Wildman–Crippen MR) is 307 cm³/mol. The summed E-state index contributed by atoms with van der Waals surface area (Å²) in [5.41, 5.74) is 5.71. The Balaban J connectivity index is 0.673. The maximum Gasteiger partial charge on any atom is 0.240 e. The molecule has 4 aromatic rings. The van der Waals surface area contributed by atoms with Crippen LogP contribution in [0.1, 0.15) is 77.3 Å². The van der Waals surface area contributed by atoms with Gasteiger partial charge in [-0.05, 0) is 109 Å². The van der Waals surface area contributed by atoms with E-state index in [2.05, 4.69) is 29.9 Å². The van der Waals surface area contributed by atoms with E-state index in [4.69, 9.17) is 74.8 Å². The number of ether oxygens (including phenoxy) is 6. The molecule has 6 rings (SSSR count). The summed E-state index contributed by atoms with van der Waals surface area (Å²) in [6, 6.07) is 21.1. The zero-order chi connectivity index (χ0) is 56.6. The molecule has 4 aromatic carbocycles. The van der Waals surface area contributed by atoms with Gasteiger partial charge in [0.1, 0.15) is 0 Å². The molecular formula is C55H74Cl4N6O12S2. The first-order valence-corrected chi connectivity index (χ1v) is 31.0. The van der Waals surface area contributed by atoms with Gasteiger partial charge in [-0.3, -0.25) is 9.59 Å². The van der Waals surface area contributed by atoms with Crippen LogP contribution in [0.3, 0.4) is 0 Å². The molecule has 2 atom stereocenters. The molecule has 0 aliphatic carbocycles. The summed E-state index contributed by atoms with van der Waals surface area (Å²) in [5.74, 6) is -0.324. The maximum absolute atomic E-state index is 13.1. The fourth-order valence-corrected chi connectivity index (χ4v) is 12.5. The lowest BCUT2D eigenvalue weighted by Crippen LogP contribution is -2.31. The molecule has 0 saturated carbocycles. The van der Waals surface area contributed by atoms with Gasteiger partial charge >= 0.3 is 0 Å². The quantitative estimate of drug-likeness (QED) is 0.0338. The lowest BCUT2D eigenvalue weighted by atomic mass is 9.85. The van der Waals surface area contributed by atoms with Crippen molar-refractivity contribution in [2.75, 3.05) is 133 Å². The Labute approximate surface area is 485 Å². The lowest BCUT2D eigenvalue weighted by Gasteiger charge is -2.33. The summed E-state index contributed by atoms with van der Waals surface area (Å²) in [6.07, 6.45) is 2.81. The number of hydrogen-bond donors (Lipinski definition) is 4. The number of nitrogens with zero attached hydrogens (tertiary/aromatic N) is 2. The van der Waals surface area contributed by atoms with Crippen LogP contribution in [0.2, 0.25) is 20.1 Å². The highest BCUT2D eigenvalue weighted by Gasteiger charge is 2.30. The minimum atomic E-state index is -3.78. The first-order valence-electron chi connectivity index (χ1n) is 26.5. The van der Waals surface area contributed by atoms with E-state index in [0.29, 0.717) is 138 Å². The number of halogens is 4. The van der Waals surface area contributed by atoms with E-state index in [0.717, 1.165) is 39.8 Å². The second kappa shape index (κ2) is 33.6. The predicted octanol–water partition coefficient (Wildman–Crippen LogP) is 6.99. The lowest BCUT2D eigenvalue weighted by molar-refractivity contribution is -0.121. The number of hydrogen-bond acceptors (Lipinski definition) is 14. The van der Waals surface area contributed by atoms with E-state index in [1.807, 2.05) is 38.4 Å². The van der Waals surface area contributed by atoms with Gasteiger partial charge in [-0.2, -0.15) is 0 Å². The van der Waals surface area contributed by atoms with Crippen LogP contribution < -0.4 is 20.1 Å². The van der Waals surface area contributed by atoms with Crippen LogP contribution in [0.4, 0.5) is 0 Å². The van der Waals surface area contributed by atoms with E-state index in [-0.39, 0.29) is 73.0 Å². The highest BCUT2D eigenvalue weighted by Crippen LogP contribution is 2.40. The number of benzene rings is 4. The third kappa shape index (κ3) is 21.6. The molecule has 79 heavy (non-hydrogen) atoms. The van der Waals surface area contributed by atoms with E-state index in [1.165, 1.54) is 0 Å². The molecule has 0 spiro atoms. The van der Waals surface area contributed by atoms with Crippen molar-refractivity contribution in [3.8, 4) is 0 Å². The van der Waals surface area contributed by atoms with Crippen molar-refractivity contribution in [2.45, 2.75) is 66.8 Å². The number of likely N-dealkylation sites (N-methyl/N-ethyl adjacent to an activating group) is 2. The molecule has 18 nitrogen and oxygen atoms in total. The smallest absolute Gasteiger partial charge is 0.240 e. The number of fused-ring (bicyclic) bond motifs is 2. The first-order chi connectivity index (χ1) is 38.0. The Bertz CT molecular complexity index is 2630. The van der Waals surface area contributed by atoms with Crippen LogP contribution in [0.25, 0.3) is 0 Å². The minimum Gasteiger partial charge on any atom is -0.378 e. The standard InChI is InChI=1S/C55H74Cl4N6O12S2/c1-64-36-48(46-32-42(56)34-52(58)50(46)38-64)40-8-6-10-44(30-40)78(68,69)62-16-20-74-24-28-76-26-22-72-18-14-60-54(66)12-4-3-5-13-55(67)61-15-19-73-23-27-77-29-25-75-21-17-63-79(70,71)45-11-7-9-41(31-45)49-37-65(2)39-51-47(49)33-43(57)35-53(51)59/h6-11,30-35,48-49,62-63H,3-5,12-29,36-39H2,1-2H3,(H,60,66)(H,61,67)/t48-,49-/m0/s1.